The molecule has 0 aromatic heterocycles. The number of hydrogen-bond acceptors (Lipinski definition) is 4. The summed E-state index contributed by atoms with van der Waals surface area (Å²) in [5.41, 5.74) is 5.95. The highest BCUT2D eigenvalue weighted by atomic mass is 16.5. The average Bonchev–Trinajstić information content (AvgIpc) is 2.36. The molecule has 2 rings (SSSR count). The zero-order valence-corrected chi connectivity index (χ0v) is 11.9. The molecule has 1 saturated heterocycles. The van der Waals surface area contributed by atoms with Crippen LogP contribution in [-0.4, -0.2) is 56.2 Å². The first-order chi connectivity index (χ1) is 9.13. The number of likely N-dealkylation sites (N-methyl/N-ethyl adjacent to an activating group) is 1. The van der Waals surface area contributed by atoms with E-state index >= 15 is 0 Å². The Morgan fingerprint density at radius 2 is 2.32 bits per heavy atom. The quantitative estimate of drug-likeness (QED) is 0.772. The van der Waals surface area contributed by atoms with Gasteiger partial charge in [-0.15, -0.1) is 0 Å². The molecule has 3 N–H and O–H groups in total. The van der Waals surface area contributed by atoms with E-state index in [0.29, 0.717) is 24.9 Å². The van der Waals surface area contributed by atoms with Gasteiger partial charge in [-0.25, -0.2) is 0 Å². The second-order valence-corrected chi connectivity index (χ2v) is 6.06. The maximum absolute atomic E-state index is 11.9. The second kappa shape index (κ2) is 7.22. The Kier molecular flexibility index (Phi) is 5.60. The Bertz CT molecular complexity index is 298. The molecule has 2 aliphatic rings. The number of hydrogen-bond donors (Lipinski definition) is 2. The van der Waals surface area contributed by atoms with Crippen molar-refractivity contribution in [3.8, 4) is 0 Å². The number of carbonyl (C=O) groups is 1. The van der Waals surface area contributed by atoms with E-state index in [2.05, 4.69) is 17.3 Å². The molecular formula is C14H27N3O2. The van der Waals surface area contributed by atoms with Crippen molar-refractivity contribution in [1.82, 2.24) is 10.2 Å². The molecule has 2 fully saturated rings. The van der Waals surface area contributed by atoms with Crippen molar-refractivity contribution in [2.24, 2.45) is 11.7 Å². The zero-order valence-electron chi connectivity index (χ0n) is 11.9. The van der Waals surface area contributed by atoms with Crippen LogP contribution in [0, 0.1) is 5.92 Å². The van der Waals surface area contributed by atoms with E-state index in [1.807, 2.05) is 0 Å². The summed E-state index contributed by atoms with van der Waals surface area (Å²) in [6.45, 7) is 3.26. The van der Waals surface area contributed by atoms with E-state index < -0.39 is 0 Å². The van der Waals surface area contributed by atoms with Crippen molar-refractivity contribution in [3.05, 3.63) is 0 Å². The minimum atomic E-state index is 0.135. The smallest absolute Gasteiger partial charge is 0.220 e. The number of amides is 1. The van der Waals surface area contributed by atoms with Gasteiger partial charge >= 0.3 is 0 Å². The van der Waals surface area contributed by atoms with E-state index in [4.69, 9.17) is 10.5 Å². The molecule has 110 valence electrons. The minimum Gasteiger partial charge on any atom is -0.374 e. The van der Waals surface area contributed by atoms with Gasteiger partial charge < -0.3 is 20.7 Å². The average molecular weight is 269 g/mol. The fourth-order valence-electron chi connectivity index (χ4n) is 3.07. The highest BCUT2D eigenvalue weighted by Gasteiger charge is 2.23. The molecule has 5 heteroatoms. The molecule has 1 heterocycles. The zero-order chi connectivity index (χ0) is 13.7. The number of nitrogens with zero attached hydrogens (tertiary/aromatic N) is 1. The molecule has 3 atom stereocenters. The number of rotatable bonds is 4. The van der Waals surface area contributed by atoms with Crippen molar-refractivity contribution >= 4 is 5.91 Å². The molecular weight excluding hydrogens is 242 g/mol. The topological polar surface area (TPSA) is 67.6 Å². The van der Waals surface area contributed by atoms with Gasteiger partial charge in [0.2, 0.25) is 5.91 Å². The molecule has 1 amide bonds. The third-order valence-electron chi connectivity index (χ3n) is 4.17. The summed E-state index contributed by atoms with van der Waals surface area (Å²) >= 11 is 0. The number of ether oxygens (including phenoxy) is 1. The van der Waals surface area contributed by atoms with Crippen LogP contribution in [0.2, 0.25) is 0 Å². The Balaban J connectivity index is 1.63. The Hall–Kier alpha value is -0.650. The molecule has 0 aromatic carbocycles. The SMILES string of the molecule is CN1CCOC(CNC(=O)CC2CCCC(N)C2)C1. The van der Waals surface area contributed by atoms with Gasteiger partial charge in [0.25, 0.3) is 0 Å². The predicted molar refractivity (Wildman–Crippen MR) is 74.8 cm³/mol. The Morgan fingerprint density at radius 1 is 1.47 bits per heavy atom. The second-order valence-electron chi connectivity index (χ2n) is 6.06. The first-order valence-corrected chi connectivity index (χ1v) is 7.46. The summed E-state index contributed by atoms with van der Waals surface area (Å²) in [4.78, 5) is 14.2. The maximum Gasteiger partial charge on any atom is 0.220 e. The molecule has 0 radical (unpaired) electrons. The van der Waals surface area contributed by atoms with Gasteiger partial charge in [0.15, 0.2) is 0 Å². The summed E-state index contributed by atoms with van der Waals surface area (Å²) in [5, 5.41) is 3.00. The number of morpholine rings is 1. The van der Waals surface area contributed by atoms with E-state index in [1.54, 1.807) is 0 Å². The molecule has 5 nitrogen and oxygen atoms in total. The maximum atomic E-state index is 11.9. The van der Waals surface area contributed by atoms with Crippen LogP contribution in [0.1, 0.15) is 32.1 Å². The lowest BCUT2D eigenvalue weighted by Gasteiger charge is -2.30. The van der Waals surface area contributed by atoms with Crippen molar-refractivity contribution in [2.45, 2.75) is 44.2 Å². The molecule has 3 unspecified atom stereocenters. The van der Waals surface area contributed by atoms with E-state index in [9.17, 15) is 4.79 Å². The Labute approximate surface area is 115 Å². The predicted octanol–water partition coefficient (Wildman–Crippen LogP) is 0.341. The largest absolute Gasteiger partial charge is 0.374 e. The fourth-order valence-corrected chi connectivity index (χ4v) is 3.07. The normalized spacial score (nSPS) is 33.1. The van der Waals surface area contributed by atoms with Gasteiger partial charge in [0.1, 0.15) is 0 Å². The van der Waals surface area contributed by atoms with E-state index in [-0.39, 0.29) is 12.0 Å². The first kappa shape index (κ1) is 14.8. The van der Waals surface area contributed by atoms with Crippen LogP contribution < -0.4 is 11.1 Å². The third kappa shape index (κ3) is 5.09. The van der Waals surface area contributed by atoms with E-state index in [1.165, 1.54) is 0 Å². The van der Waals surface area contributed by atoms with Crippen LogP contribution in [0.5, 0.6) is 0 Å². The summed E-state index contributed by atoms with van der Waals surface area (Å²) in [5.74, 6) is 0.620. The van der Waals surface area contributed by atoms with Gasteiger partial charge in [0.05, 0.1) is 12.7 Å². The summed E-state index contributed by atoms with van der Waals surface area (Å²) in [7, 11) is 2.08. The lowest BCUT2D eigenvalue weighted by molar-refractivity contribution is -0.123. The van der Waals surface area contributed by atoms with Crippen molar-refractivity contribution in [2.75, 3.05) is 33.3 Å². The molecule has 1 aliphatic carbocycles. The lowest BCUT2D eigenvalue weighted by atomic mass is 9.84. The summed E-state index contributed by atoms with van der Waals surface area (Å²) in [6.07, 6.45) is 5.17. The number of nitrogens with one attached hydrogen (secondary N) is 1. The summed E-state index contributed by atoms with van der Waals surface area (Å²) < 4.78 is 5.63. The van der Waals surface area contributed by atoms with Crippen molar-refractivity contribution in [3.63, 3.8) is 0 Å². The molecule has 19 heavy (non-hydrogen) atoms. The monoisotopic (exact) mass is 269 g/mol. The summed E-state index contributed by atoms with van der Waals surface area (Å²) in [6, 6.07) is 0.293. The number of carbonyl (C=O) groups excluding carboxylic acids is 1. The fraction of sp³-hybridized carbons (Fsp3) is 0.929. The van der Waals surface area contributed by atoms with Gasteiger partial charge in [-0.1, -0.05) is 6.42 Å². The standard InChI is InChI=1S/C14H27N3O2/c1-17-5-6-19-13(10-17)9-16-14(18)8-11-3-2-4-12(15)7-11/h11-13H,2-10,15H2,1H3,(H,16,18). The molecule has 0 spiro atoms. The van der Waals surface area contributed by atoms with Gasteiger partial charge in [-0.3, -0.25) is 4.79 Å². The molecule has 1 saturated carbocycles. The molecule has 0 aromatic rings. The van der Waals surface area contributed by atoms with Crippen LogP contribution in [0.3, 0.4) is 0 Å². The van der Waals surface area contributed by atoms with Gasteiger partial charge in [-0.2, -0.15) is 0 Å². The number of nitrogens with two attached hydrogens (primary N) is 1. The van der Waals surface area contributed by atoms with Crippen LogP contribution in [0.25, 0.3) is 0 Å². The third-order valence-corrected chi connectivity index (χ3v) is 4.17. The first-order valence-electron chi connectivity index (χ1n) is 7.46. The van der Waals surface area contributed by atoms with Crippen molar-refractivity contribution < 1.29 is 9.53 Å². The van der Waals surface area contributed by atoms with Gasteiger partial charge in [0, 0.05) is 32.1 Å². The highest BCUT2D eigenvalue weighted by molar-refractivity contribution is 5.76. The Morgan fingerprint density at radius 3 is 3.05 bits per heavy atom. The van der Waals surface area contributed by atoms with Crippen LogP contribution >= 0.6 is 0 Å². The van der Waals surface area contributed by atoms with Crippen LogP contribution in [0.4, 0.5) is 0 Å². The molecule has 0 bridgehead atoms. The van der Waals surface area contributed by atoms with Crippen LogP contribution in [-0.2, 0) is 9.53 Å². The minimum absolute atomic E-state index is 0.135. The highest BCUT2D eigenvalue weighted by Crippen LogP contribution is 2.25. The van der Waals surface area contributed by atoms with E-state index in [0.717, 1.165) is 45.4 Å². The lowest BCUT2D eigenvalue weighted by Crippen LogP contribution is -2.46. The van der Waals surface area contributed by atoms with Gasteiger partial charge in [-0.05, 0) is 32.2 Å². The van der Waals surface area contributed by atoms with Crippen molar-refractivity contribution in [1.29, 1.82) is 0 Å². The molecule has 1 aliphatic heterocycles. The van der Waals surface area contributed by atoms with Crippen LogP contribution in [0.15, 0.2) is 0 Å².